The van der Waals surface area contributed by atoms with Crippen LogP contribution >= 0.6 is 0 Å². The fraction of sp³-hybridized carbons (Fsp3) is 0.900. The van der Waals surface area contributed by atoms with Gasteiger partial charge in [-0.3, -0.25) is 4.79 Å². The monoisotopic (exact) mass is 168 g/mol. The SMILES string of the molecule is CC12CC(O)C(CC1=O)C2(C)C. The zero-order valence-electron chi connectivity index (χ0n) is 7.92. The van der Waals surface area contributed by atoms with Crippen molar-refractivity contribution in [2.75, 3.05) is 0 Å². The molecule has 0 aromatic carbocycles. The van der Waals surface area contributed by atoms with Crippen molar-refractivity contribution in [3.63, 3.8) is 0 Å². The molecule has 2 nitrogen and oxygen atoms in total. The third-order valence-corrected chi connectivity index (χ3v) is 4.45. The summed E-state index contributed by atoms with van der Waals surface area (Å²) in [5, 5.41) is 9.69. The Balaban J connectivity index is 2.47. The molecule has 0 aromatic heterocycles. The van der Waals surface area contributed by atoms with E-state index in [9.17, 15) is 9.90 Å². The summed E-state index contributed by atoms with van der Waals surface area (Å²) in [6.07, 6.45) is 1.01. The van der Waals surface area contributed by atoms with E-state index < -0.39 is 0 Å². The van der Waals surface area contributed by atoms with Gasteiger partial charge in [0, 0.05) is 11.8 Å². The summed E-state index contributed by atoms with van der Waals surface area (Å²) in [7, 11) is 0. The van der Waals surface area contributed by atoms with Crippen LogP contribution in [0.3, 0.4) is 0 Å². The molecule has 2 aliphatic rings. The lowest BCUT2D eigenvalue weighted by Crippen LogP contribution is -2.32. The highest BCUT2D eigenvalue weighted by Gasteiger charge is 2.65. The van der Waals surface area contributed by atoms with Crippen LogP contribution < -0.4 is 0 Å². The summed E-state index contributed by atoms with van der Waals surface area (Å²) in [5.74, 6) is 0.554. The average Bonchev–Trinajstić information content (AvgIpc) is 2.18. The van der Waals surface area contributed by atoms with Gasteiger partial charge in [0.15, 0.2) is 0 Å². The maximum atomic E-state index is 11.6. The van der Waals surface area contributed by atoms with E-state index in [1.165, 1.54) is 0 Å². The Morgan fingerprint density at radius 3 is 2.25 bits per heavy atom. The molecule has 0 aromatic rings. The molecule has 68 valence electrons. The van der Waals surface area contributed by atoms with E-state index in [1.807, 2.05) is 6.92 Å². The van der Waals surface area contributed by atoms with Crippen molar-refractivity contribution in [3.05, 3.63) is 0 Å². The molecule has 12 heavy (non-hydrogen) atoms. The Kier molecular flexibility index (Phi) is 1.32. The Labute approximate surface area is 73.0 Å². The summed E-state index contributed by atoms with van der Waals surface area (Å²) in [6.45, 7) is 6.23. The van der Waals surface area contributed by atoms with Gasteiger partial charge in [-0.1, -0.05) is 20.8 Å². The van der Waals surface area contributed by atoms with Crippen molar-refractivity contribution in [2.45, 2.75) is 39.7 Å². The molecule has 0 aliphatic heterocycles. The highest BCUT2D eigenvalue weighted by Crippen LogP contribution is 2.63. The van der Waals surface area contributed by atoms with Crippen LogP contribution in [0.1, 0.15) is 33.6 Å². The summed E-state index contributed by atoms with van der Waals surface area (Å²) < 4.78 is 0. The van der Waals surface area contributed by atoms with Crippen molar-refractivity contribution in [2.24, 2.45) is 16.7 Å². The third kappa shape index (κ3) is 0.634. The molecular formula is C10H16O2. The number of rotatable bonds is 0. The largest absolute Gasteiger partial charge is 0.393 e. The van der Waals surface area contributed by atoms with Gasteiger partial charge in [0.1, 0.15) is 5.78 Å². The molecule has 3 atom stereocenters. The van der Waals surface area contributed by atoms with Crippen LogP contribution in [-0.2, 0) is 4.79 Å². The van der Waals surface area contributed by atoms with Gasteiger partial charge >= 0.3 is 0 Å². The van der Waals surface area contributed by atoms with Crippen molar-refractivity contribution in [1.82, 2.24) is 0 Å². The van der Waals surface area contributed by atoms with E-state index in [4.69, 9.17) is 0 Å². The molecule has 0 saturated heterocycles. The lowest BCUT2D eigenvalue weighted by atomic mass is 9.70. The number of carbonyl (C=O) groups excluding carboxylic acids is 1. The summed E-state index contributed by atoms with van der Waals surface area (Å²) in [4.78, 5) is 11.6. The Morgan fingerprint density at radius 1 is 1.42 bits per heavy atom. The molecule has 0 heterocycles. The number of hydrogen-bond acceptors (Lipinski definition) is 2. The molecule has 0 spiro atoms. The fourth-order valence-electron chi connectivity index (χ4n) is 3.00. The number of carbonyl (C=O) groups is 1. The van der Waals surface area contributed by atoms with Crippen LogP contribution in [0.2, 0.25) is 0 Å². The first kappa shape index (κ1) is 8.24. The highest BCUT2D eigenvalue weighted by atomic mass is 16.3. The quantitative estimate of drug-likeness (QED) is 0.593. The fourth-order valence-corrected chi connectivity index (χ4v) is 3.00. The molecule has 0 amide bonds. The van der Waals surface area contributed by atoms with Crippen molar-refractivity contribution >= 4 is 5.78 Å². The molecule has 0 radical (unpaired) electrons. The molecule has 2 fully saturated rings. The zero-order valence-corrected chi connectivity index (χ0v) is 7.92. The molecule has 2 aliphatic carbocycles. The average molecular weight is 168 g/mol. The predicted octanol–water partition coefficient (Wildman–Crippen LogP) is 1.37. The van der Waals surface area contributed by atoms with Gasteiger partial charge < -0.3 is 5.11 Å². The molecule has 1 N–H and O–H groups in total. The number of aliphatic hydroxyl groups excluding tert-OH is 1. The van der Waals surface area contributed by atoms with E-state index in [0.29, 0.717) is 18.6 Å². The lowest BCUT2D eigenvalue weighted by molar-refractivity contribution is -0.129. The van der Waals surface area contributed by atoms with Crippen molar-refractivity contribution < 1.29 is 9.90 Å². The first-order chi connectivity index (χ1) is 5.39. The van der Waals surface area contributed by atoms with Crippen molar-refractivity contribution in [1.29, 1.82) is 0 Å². The van der Waals surface area contributed by atoms with E-state index in [0.717, 1.165) is 0 Å². The standard InChI is InChI=1S/C10H16O2/c1-9(2)6-4-8(12)10(9,3)5-7(6)11/h6-7,11H,4-5H2,1-3H3. The summed E-state index contributed by atoms with van der Waals surface area (Å²) in [6, 6.07) is 0. The lowest BCUT2D eigenvalue weighted by Gasteiger charge is -2.31. The first-order valence-electron chi connectivity index (χ1n) is 4.61. The number of hydrogen-bond donors (Lipinski definition) is 1. The topological polar surface area (TPSA) is 37.3 Å². The van der Waals surface area contributed by atoms with Gasteiger partial charge in [0.25, 0.3) is 0 Å². The van der Waals surface area contributed by atoms with Gasteiger partial charge in [-0.05, 0) is 17.8 Å². The number of Topliss-reactive ketones (excluding diaryl/α,β-unsaturated/α-hetero) is 1. The van der Waals surface area contributed by atoms with E-state index in [1.54, 1.807) is 0 Å². The van der Waals surface area contributed by atoms with Crippen LogP contribution in [0.25, 0.3) is 0 Å². The van der Waals surface area contributed by atoms with E-state index in [-0.39, 0.29) is 22.9 Å². The Bertz CT molecular complexity index is 244. The second kappa shape index (κ2) is 1.92. The minimum absolute atomic E-state index is 0.00347. The maximum absolute atomic E-state index is 11.6. The number of fused-ring (bicyclic) bond motifs is 2. The smallest absolute Gasteiger partial charge is 0.139 e. The maximum Gasteiger partial charge on any atom is 0.139 e. The molecule has 2 saturated carbocycles. The minimum atomic E-state index is -0.253. The highest BCUT2D eigenvalue weighted by molar-refractivity contribution is 5.89. The summed E-state index contributed by atoms with van der Waals surface area (Å²) in [5.41, 5.74) is -0.249. The van der Waals surface area contributed by atoms with Crippen molar-refractivity contribution in [3.8, 4) is 0 Å². The van der Waals surface area contributed by atoms with E-state index in [2.05, 4.69) is 13.8 Å². The van der Waals surface area contributed by atoms with Gasteiger partial charge in [-0.15, -0.1) is 0 Å². The normalized spacial score (nSPS) is 50.2. The van der Waals surface area contributed by atoms with Crippen LogP contribution in [0.15, 0.2) is 0 Å². The molecule has 2 heteroatoms. The number of aliphatic hydroxyl groups is 1. The first-order valence-corrected chi connectivity index (χ1v) is 4.61. The van der Waals surface area contributed by atoms with Crippen LogP contribution in [-0.4, -0.2) is 17.0 Å². The van der Waals surface area contributed by atoms with Crippen LogP contribution in [0.5, 0.6) is 0 Å². The second-order valence-electron chi connectivity index (χ2n) is 5.06. The van der Waals surface area contributed by atoms with Crippen LogP contribution in [0, 0.1) is 16.7 Å². The van der Waals surface area contributed by atoms with Gasteiger partial charge in [0.2, 0.25) is 0 Å². The Morgan fingerprint density at radius 2 is 2.00 bits per heavy atom. The molecule has 3 unspecified atom stereocenters. The van der Waals surface area contributed by atoms with Gasteiger partial charge in [0.05, 0.1) is 6.10 Å². The summed E-state index contributed by atoms with van der Waals surface area (Å²) >= 11 is 0. The number of ketones is 1. The van der Waals surface area contributed by atoms with Gasteiger partial charge in [-0.25, -0.2) is 0 Å². The molecule has 2 rings (SSSR count). The van der Waals surface area contributed by atoms with Gasteiger partial charge in [-0.2, -0.15) is 0 Å². The third-order valence-electron chi connectivity index (χ3n) is 4.45. The van der Waals surface area contributed by atoms with E-state index >= 15 is 0 Å². The molecule has 2 bridgehead atoms. The Hall–Kier alpha value is -0.370. The zero-order chi connectivity index (χ0) is 9.15. The minimum Gasteiger partial charge on any atom is -0.393 e. The second-order valence-corrected chi connectivity index (χ2v) is 5.06. The molecular weight excluding hydrogens is 152 g/mol. The predicted molar refractivity (Wildman–Crippen MR) is 45.6 cm³/mol. The van der Waals surface area contributed by atoms with Crippen LogP contribution in [0.4, 0.5) is 0 Å².